The van der Waals surface area contributed by atoms with Crippen molar-refractivity contribution in [2.24, 2.45) is 5.92 Å². The zero-order valence-corrected chi connectivity index (χ0v) is 17.4. The number of fused-ring (bicyclic) bond motifs is 1. The van der Waals surface area contributed by atoms with Crippen molar-refractivity contribution in [3.05, 3.63) is 47.0 Å². The van der Waals surface area contributed by atoms with Crippen molar-refractivity contribution >= 4 is 22.4 Å². The quantitative estimate of drug-likeness (QED) is 0.596. The van der Waals surface area contributed by atoms with Crippen LogP contribution in [-0.2, 0) is 11.3 Å². The Hall–Kier alpha value is -2.13. The first-order valence-electron chi connectivity index (χ1n) is 10.5. The highest BCUT2D eigenvalue weighted by Gasteiger charge is 2.31. The Morgan fingerprint density at radius 3 is 3.00 bits per heavy atom. The van der Waals surface area contributed by atoms with E-state index >= 15 is 0 Å². The van der Waals surface area contributed by atoms with Gasteiger partial charge in [-0.25, -0.2) is 4.68 Å². The predicted octanol–water partition coefficient (Wildman–Crippen LogP) is 2.50. The number of aliphatic hydroxyl groups excluding tert-OH is 1. The van der Waals surface area contributed by atoms with Gasteiger partial charge in [0.25, 0.3) is 0 Å². The van der Waals surface area contributed by atoms with Crippen molar-refractivity contribution in [2.75, 3.05) is 13.2 Å². The number of nitrogens with one attached hydrogen (secondary N) is 1. The van der Waals surface area contributed by atoms with Gasteiger partial charge < -0.3 is 15.2 Å². The molecule has 1 aromatic carbocycles. The second kappa shape index (κ2) is 8.55. The Morgan fingerprint density at radius 2 is 2.20 bits per heavy atom. The first kappa shape index (κ1) is 19.8. The summed E-state index contributed by atoms with van der Waals surface area (Å²) in [6.07, 6.45) is 5.47. The molecule has 2 fully saturated rings. The number of benzene rings is 1. The standard InChI is InChI=1S/C21H25ClN6O2/c22-15-3-4-18-14(10-15)5-6-23-19(18)20(24-11-13-8-16(29)9-13)21-25-26-27-28(21)12-17-2-1-7-30-17/h3-6,10,13,16-17,20,24,29H,1-2,7-9,11-12H2. The Bertz CT molecular complexity index is 1020. The summed E-state index contributed by atoms with van der Waals surface area (Å²) in [6, 6.07) is 7.50. The minimum atomic E-state index is -0.274. The third-order valence-electron chi connectivity index (χ3n) is 6.07. The summed E-state index contributed by atoms with van der Waals surface area (Å²) in [4.78, 5) is 4.71. The summed E-state index contributed by atoms with van der Waals surface area (Å²) in [5.41, 5.74) is 0.868. The molecule has 0 spiro atoms. The Kier molecular flexibility index (Phi) is 5.64. The van der Waals surface area contributed by atoms with Crippen molar-refractivity contribution in [2.45, 2.75) is 50.5 Å². The number of halogens is 1. The Morgan fingerprint density at radius 1 is 1.30 bits per heavy atom. The van der Waals surface area contributed by atoms with Crippen molar-refractivity contribution < 1.29 is 9.84 Å². The molecular formula is C21H25ClN6O2. The molecule has 1 saturated carbocycles. The van der Waals surface area contributed by atoms with Gasteiger partial charge in [0, 0.05) is 23.2 Å². The lowest BCUT2D eigenvalue weighted by atomic mass is 9.82. The molecule has 158 valence electrons. The predicted molar refractivity (Wildman–Crippen MR) is 112 cm³/mol. The molecule has 0 amide bonds. The zero-order valence-electron chi connectivity index (χ0n) is 16.6. The Balaban J connectivity index is 1.49. The molecule has 2 unspecified atom stereocenters. The maximum atomic E-state index is 9.65. The minimum Gasteiger partial charge on any atom is -0.393 e. The van der Waals surface area contributed by atoms with Gasteiger partial charge in [-0.05, 0) is 72.2 Å². The van der Waals surface area contributed by atoms with Crippen LogP contribution >= 0.6 is 11.6 Å². The smallest absolute Gasteiger partial charge is 0.174 e. The summed E-state index contributed by atoms with van der Waals surface area (Å²) >= 11 is 6.20. The molecule has 1 aliphatic carbocycles. The van der Waals surface area contributed by atoms with Gasteiger partial charge in [-0.1, -0.05) is 17.7 Å². The normalized spacial score (nSPS) is 24.8. The van der Waals surface area contributed by atoms with Gasteiger partial charge in [-0.3, -0.25) is 4.98 Å². The van der Waals surface area contributed by atoms with Gasteiger partial charge >= 0.3 is 0 Å². The summed E-state index contributed by atoms with van der Waals surface area (Å²) in [5, 5.41) is 28.6. The van der Waals surface area contributed by atoms with Gasteiger partial charge in [-0.15, -0.1) is 5.10 Å². The van der Waals surface area contributed by atoms with E-state index in [2.05, 4.69) is 20.8 Å². The number of aromatic nitrogens is 5. The van der Waals surface area contributed by atoms with Crippen molar-refractivity contribution in [3.63, 3.8) is 0 Å². The highest BCUT2D eigenvalue weighted by atomic mass is 35.5. The second-order valence-corrected chi connectivity index (χ2v) is 8.68. The van der Waals surface area contributed by atoms with E-state index < -0.39 is 0 Å². The van der Waals surface area contributed by atoms with Crippen LogP contribution in [0.4, 0.5) is 0 Å². The average molecular weight is 429 g/mol. The molecular weight excluding hydrogens is 404 g/mol. The third-order valence-corrected chi connectivity index (χ3v) is 6.31. The van der Waals surface area contributed by atoms with Crippen LogP contribution in [0.15, 0.2) is 30.5 Å². The molecule has 0 bridgehead atoms. The van der Waals surface area contributed by atoms with Gasteiger partial charge in [-0.2, -0.15) is 0 Å². The van der Waals surface area contributed by atoms with Gasteiger partial charge in [0.15, 0.2) is 5.82 Å². The second-order valence-electron chi connectivity index (χ2n) is 8.25. The number of tetrazole rings is 1. The monoisotopic (exact) mass is 428 g/mol. The fraction of sp³-hybridized carbons (Fsp3) is 0.524. The first-order chi connectivity index (χ1) is 14.7. The van der Waals surface area contributed by atoms with Crippen LogP contribution in [0.25, 0.3) is 10.8 Å². The Labute approximate surface area is 179 Å². The molecule has 5 rings (SSSR count). The van der Waals surface area contributed by atoms with E-state index in [-0.39, 0.29) is 18.2 Å². The van der Waals surface area contributed by atoms with Crippen LogP contribution in [0.3, 0.4) is 0 Å². The lowest BCUT2D eigenvalue weighted by Gasteiger charge is -2.32. The molecule has 1 saturated heterocycles. The maximum absolute atomic E-state index is 9.65. The number of pyridine rings is 1. The molecule has 8 nitrogen and oxygen atoms in total. The molecule has 3 heterocycles. The number of ether oxygens (including phenoxy) is 1. The molecule has 1 aliphatic heterocycles. The van der Waals surface area contributed by atoms with Crippen LogP contribution < -0.4 is 5.32 Å². The first-order valence-corrected chi connectivity index (χ1v) is 10.9. The number of rotatable bonds is 7. The molecule has 2 aromatic heterocycles. The van der Waals surface area contributed by atoms with Crippen LogP contribution in [-0.4, -0.2) is 55.7 Å². The molecule has 2 N–H and O–H groups in total. The lowest BCUT2D eigenvalue weighted by Crippen LogP contribution is -2.39. The summed E-state index contributed by atoms with van der Waals surface area (Å²) < 4.78 is 7.62. The fourth-order valence-electron chi connectivity index (χ4n) is 4.39. The third kappa shape index (κ3) is 4.05. The summed E-state index contributed by atoms with van der Waals surface area (Å²) in [6.45, 7) is 2.18. The summed E-state index contributed by atoms with van der Waals surface area (Å²) in [7, 11) is 0. The van der Waals surface area contributed by atoms with E-state index in [1.807, 2.05) is 28.9 Å². The zero-order chi connectivity index (χ0) is 20.5. The molecule has 3 aromatic rings. The van der Waals surface area contributed by atoms with E-state index in [1.54, 1.807) is 6.20 Å². The van der Waals surface area contributed by atoms with Gasteiger partial charge in [0.05, 0.1) is 24.4 Å². The SMILES string of the molecule is OC1CC(CNC(c2nccc3cc(Cl)ccc23)c2nnnn2CC2CCCO2)C1. The number of nitrogens with zero attached hydrogens (tertiary/aromatic N) is 5. The van der Waals surface area contributed by atoms with E-state index in [1.165, 1.54) is 0 Å². The molecule has 9 heteroatoms. The topological polar surface area (TPSA) is 98.0 Å². The summed E-state index contributed by atoms with van der Waals surface area (Å²) in [5.74, 6) is 1.16. The van der Waals surface area contributed by atoms with E-state index in [4.69, 9.17) is 21.3 Å². The lowest BCUT2D eigenvalue weighted by molar-refractivity contribution is 0.0420. The molecule has 30 heavy (non-hydrogen) atoms. The highest BCUT2D eigenvalue weighted by Crippen LogP contribution is 2.31. The minimum absolute atomic E-state index is 0.133. The van der Waals surface area contributed by atoms with Gasteiger partial charge in [0.2, 0.25) is 0 Å². The van der Waals surface area contributed by atoms with Crippen LogP contribution in [0.5, 0.6) is 0 Å². The van der Waals surface area contributed by atoms with E-state index in [0.717, 1.165) is 61.1 Å². The largest absolute Gasteiger partial charge is 0.393 e. The van der Waals surface area contributed by atoms with Gasteiger partial charge in [0.1, 0.15) is 6.04 Å². The average Bonchev–Trinajstić information content (AvgIpc) is 3.39. The van der Waals surface area contributed by atoms with Crippen molar-refractivity contribution in [1.29, 1.82) is 0 Å². The van der Waals surface area contributed by atoms with Crippen molar-refractivity contribution in [1.82, 2.24) is 30.5 Å². The van der Waals surface area contributed by atoms with Crippen LogP contribution in [0, 0.1) is 5.92 Å². The van der Waals surface area contributed by atoms with Crippen LogP contribution in [0.1, 0.15) is 43.2 Å². The van der Waals surface area contributed by atoms with E-state index in [9.17, 15) is 5.11 Å². The van der Waals surface area contributed by atoms with Crippen molar-refractivity contribution in [3.8, 4) is 0 Å². The number of hydrogen-bond donors (Lipinski definition) is 2. The molecule has 2 atom stereocenters. The number of hydrogen-bond acceptors (Lipinski definition) is 7. The van der Waals surface area contributed by atoms with Crippen LogP contribution in [0.2, 0.25) is 5.02 Å². The molecule has 2 aliphatic rings. The molecule has 0 radical (unpaired) electrons. The number of aliphatic hydroxyl groups is 1. The maximum Gasteiger partial charge on any atom is 0.174 e. The fourth-order valence-corrected chi connectivity index (χ4v) is 4.57. The van der Waals surface area contributed by atoms with E-state index in [0.29, 0.717) is 17.5 Å². The highest BCUT2D eigenvalue weighted by molar-refractivity contribution is 6.31.